The largest absolute Gasteiger partial charge is 0.323 e. The van der Waals surface area contributed by atoms with Crippen molar-refractivity contribution in [2.45, 2.75) is 6.42 Å². The maximum absolute atomic E-state index is 10.8. The summed E-state index contributed by atoms with van der Waals surface area (Å²) in [6.45, 7) is 0. The van der Waals surface area contributed by atoms with Crippen LogP contribution in [0.4, 0.5) is 0 Å². The van der Waals surface area contributed by atoms with Gasteiger partial charge in [-0.05, 0) is 5.56 Å². The Morgan fingerprint density at radius 2 is 2.08 bits per heavy atom. The predicted octanol–water partition coefficient (Wildman–Crippen LogP) is 1.42. The fourth-order valence-electron chi connectivity index (χ4n) is 1.13. The highest BCUT2D eigenvalue weighted by molar-refractivity contribution is 7.02. The first kappa shape index (κ1) is 8.19. The molecule has 4 heteroatoms. The van der Waals surface area contributed by atoms with E-state index >= 15 is 0 Å². The SMILES string of the molecule is O=c1[nH]c(Cc2ccccc2)ns1. The van der Waals surface area contributed by atoms with Gasteiger partial charge < -0.3 is 0 Å². The van der Waals surface area contributed by atoms with E-state index in [1.807, 2.05) is 30.3 Å². The summed E-state index contributed by atoms with van der Waals surface area (Å²) in [7, 11) is 0. The van der Waals surface area contributed by atoms with Crippen molar-refractivity contribution in [3.05, 3.63) is 51.4 Å². The Kier molecular flexibility index (Phi) is 2.23. The molecule has 13 heavy (non-hydrogen) atoms. The van der Waals surface area contributed by atoms with Crippen molar-refractivity contribution >= 4 is 11.5 Å². The monoisotopic (exact) mass is 192 g/mol. The van der Waals surface area contributed by atoms with Gasteiger partial charge in [0.25, 0.3) is 0 Å². The highest BCUT2D eigenvalue weighted by Gasteiger charge is 1.99. The van der Waals surface area contributed by atoms with Crippen molar-refractivity contribution in [2.24, 2.45) is 0 Å². The smallest absolute Gasteiger partial charge is 0.299 e. The first-order valence-electron chi connectivity index (χ1n) is 3.93. The van der Waals surface area contributed by atoms with Crippen LogP contribution in [0.3, 0.4) is 0 Å². The molecule has 0 unspecified atom stereocenters. The van der Waals surface area contributed by atoms with Crippen molar-refractivity contribution in [3.63, 3.8) is 0 Å². The lowest BCUT2D eigenvalue weighted by Crippen LogP contribution is -1.96. The number of hydrogen-bond acceptors (Lipinski definition) is 3. The van der Waals surface area contributed by atoms with E-state index in [2.05, 4.69) is 9.36 Å². The highest BCUT2D eigenvalue weighted by Crippen LogP contribution is 2.03. The molecule has 1 N–H and O–H groups in total. The van der Waals surface area contributed by atoms with E-state index in [0.29, 0.717) is 6.42 Å². The van der Waals surface area contributed by atoms with E-state index in [0.717, 1.165) is 22.9 Å². The van der Waals surface area contributed by atoms with Crippen LogP contribution in [-0.2, 0) is 6.42 Å². The Morgan fingerprint density at radius 1 is 1.31 bits per heavy atom. The van der Waals surface area contributed by atoms with Crippen LogP contribution in [0.25, 0.3) is 0 Å². The van der Waals surface area contributed by atoms with Crippen molar-refractivity contribution in [1.29, 1.82) is 0 Å². The summed E-state index contributed by atoms with van der Waals surface area (Å²) in [4.78, 5) is 13.4. The van der Waals surface area contributed by atoms with Gasteiger partial charge in [-0.25, -0.2) is 0 Å². The summed E-state index contributed by atoms with van der Waals surface area (Å²) in [5.74, 6) is 0.737. The Bertz CT molecular complexity index is 432. The van der Waals surface area contributed by atoms with Gasteiger partial charge >= 0.3 is 4.87 Å². The molecule has 0 spiro atoms. The van der Waals surface area contributed by atoms with Gasteiger partial charge in [-0.1, -0.05) is 30.3 Å². The predicted molar refractivity (Wildman–Crippen MR) is 52.0 cm³/mol. The average Bonchev–Trinajstić information content (AvgIpc) is 2.53. The number of nitrogens with zero attached hydrogens (tertiary/aromatic N) is 1. The number of nitrogens with one attached hydrogen (secondary N) is 1. The number of hydrogen-bond donors (Lipinski definition) is 1. The van der Waals surface area contributed by atoms with Gasteiger partial charge in [0.15, 0.2) is 0 Å². The molecule has 0 fully saturated rings. The Balaban J connectivity index is 2.20. The second-order valence-electron chi connectivity index (χ2n) is 2.70. The molecule has 2 rings (SSSR count). The quantitative estimate of drug-likeness (QED) is 0.782. The third kappa shape index (κ3) is 2.03. The number of aromatic amines is 1. The zero-order valence-corrected chi connectivity index (χ0v) is 7.67. The van der Waals surface area contributed by atoms with Crippen molar-refractivity contribution in [2.75, 3.05) is 0 Å². The zero-order valence-electron chi connectivity index (χ0n) is 6.86. The van der Waals surface area contributed by atoms with Crippen molar-refractivity contribution in [3.8, 4) is 0 Å². The summed E-state index contributed by atoms with van der Waals surface area (Å²) in [6, 6.07) is 9.93. The van der Waals surface area contributed by atoms with Gasteiger partial charge in [0.2, 0.25) is 0 Å². The number of H-pyrrole nitrogens is 1. The lowest BCUT2D eigenvalue weighted by atomic mass is 10.1. The Labute approximate surface area is 79.2 Å². The van der Waals surface area contributed by atoms with Crippen LogP contribution in [0, 0.1) is 0 Å². The molecule has 0 bridgehead atoms. The van der Waals surface area contributed by atoms with Crippen LogP contribution in [0.2, 0.25) is 0 Å². The summed E-state index contributed by atoms with van der Waals surface area (Å²) in [6.07, 6.45) is 0.694. The lowest BCUT2D eigenvalue weighted by Gasteiger charge is -1.94. The van der Waals surface area contributed by atoms with Crippen molar-refractivity contribution in [1.82, 2.24) is 9.36 Å². The lowest BCUT2D eigenvalue weighted by molar-refractivity contribution is 1.02. The molecule has 1 aromatic carbocycles. The normalized spacial score (nSPS) is 10.2. The molecule has 0 aliphatic carbocycles. The fraction of sp³-hybridized carbons (Fsp3) is 0.111. The summed E-state index contributed by atoms with van der Waals surface area (Å²) >= 11 is 0.963. The third-order valence-electron chi connectivity index (χ3n) is 1.70. The van der Waals surface area contributed by atoms with Gasteiger partial charge in [0, 0.05) is 18.0 Å². The minimum atomic E-state index is -0.0917. The van der Waals surface area contributed by atoms with E-state index < -0.39 is 0 Å². The molecular weight excluding hydrogens is 184 g/mol. The van der Waals surface area contributed by atoms with Crippen LogP contribution in [0.15, 0.2) is 35.1 Å². The van der Waals surface area contributed by atoms with Crippen LogP contribution in [0.1, 0.15) is 11.4 Å². The minimum absolute atomic E-state index is 0.0917. The molecule has 66 valence electrons. The van der Waals surface area contributed by atoms with E-state index in [-0.39, 0.29) is 4.87 Å². The number of benzene rings is 1. The first-order chi connectivity index (χ1) is 6.34. The molecule has 0 radical (unpaired) electrons. The highest BCUT2D eigenvalue weighted by atomic mass is 32.1. The Hall–Kier alpha value is -1.42. The maximum atomic E-state index is 10.8. The molecule has 1 heterocycles. The molecule has 1 aromatic heterocycles. The molecule has 0 saturated carbocycles. The van der Waals surface area contributed by atoms with E-state index in [1.165, 1.54) is 0 Å². The van der Waals surface area contributed by atoms with Crippen LogP contribution in [0.5, 0.6) is 0 Å². The average molecular weight is 192 g/mol. The van der Waals surface area contributed by atoms with Gasteiger partial charge in [-0.3, -0.25) is 9.78 Å². The Morgan fingerprint density at radius 3 is 2.69 bits per heavy atom. The molecule has 0 atom stereocenters. The molecule has 0 saturated heterocycles. The van der Waals surface area contributed by atoms with Gasteiger partial charge in [0.1, 0.15) is 5.82 Å². The molecule has 2 aromatic rings. The first-order valence-corrected chi connectivity index (χ1v) is 4.71. The fourth-order valence-corrected chi connectivity index (χ4v) is 1.59. The number of aromatic nitrogens is 2. The van der Waals surface area contributed by atoms with Gasteiger partial charge in [0.05, 0.1) is 0 Å². The zero-order chi connectivity index (χ0) is 9.10. The van der Waals surface area contributed by atoms with Gasteiger partial charge in [-0.2, -0.15) is 4.37 Å². The number of rotatable bonds is 2. The molecule has 0 aliphatic rings. The van der Waals surface area contributed by atoms with Crippen LogP contribution in [-0.4, -0.2) is 9.36 Å². The second-order valence-corrected chi connectivity index (χ2v) is 3.44. The van der Waals surface area contributed by atoms with E-state index in [1.54, 1.807) is 0 Å². The van der Waals surface area contributed by atoms with E-state index in [4.69, 9.17) is 0 Å². The molecule has 3 nitrogen and oxygen atoms in total. The van der Waals surface area contributed by atoms with Crippen LogP contribution < -0.4 is 4.87 Å². The molecular formula is C9H8N2OS. The summed E-state index contributed by atoms with van der Waals surface area (Å²) in [5.41, 5.74) is 1.16. The minimum Gasteiger partial charge on any atom is -0.299 e. The third-order valence-corrected chi connectivity index (χ3v) is 2.28. The maximum Gasteiger partial charge on any atom is 0.323 e. The van der Waals surface area contributed by atoms with E-state index in [9.17, 15) is 4.79 Å². The summed E-state index contributed by atoms with van der Waals surface area (Å²) in [5, 5.41) is 0. The van der Waals surface area contributed by atoms with Crippen LogP contribution >= 0.6 is 11.5 Å². The molecule has 0 amide bonds. The summed E-state index contributed by atoms with van der Waals surface area (Å²) < 4.78 is 3.98. The molecule has 0 aliphatic heterocycles. The second kappa shape index (κ2) is 3.53. The van der Waals surface area contributed by atoms with Gasteiger partial charge in [-0.15, -0.1) is 0 Å². The van der Waals surface area contributed by atoms with Crippen molar-refractivity contribution < 1.29 is 0 Å². The standard InChI is InChI=1S/C9H8N2OS/c12-9-10-8(11-13-9)6-7-4-2-1-3-5-7/h1-5H,6H2,(H,10,11,12). The topological polar surface area (TPSA) is 45.8 Å².